The molecule has 98 valence electrons. The van der Waals surface area contributed by atoms with Crippen LogP contribution in [0.15, 0.2) is 18.2 Å². The molecule has 1 aromatic carbocycles. The van der Waals surface area contributed by atoms with Gasteiger partial charge in [0.05, 0.1) is 5.69 Å². The molecule has 0 spiro atoms. The third-order valence-electron chi connectivity index (χ3n) is 3.84. The summed E-state index contributed by atoms with van der Waals surface area (Å²) in [6.07, 6.45) is 3.46. The first-order chi connectivity index (χ1) is 8.40. The SMILES string of the molecule is CC1(C)CCCC1Nc1ccc(C(N)=S)cc1F. The lowest BCUT2D eigenvalue weighted by atomic mass is 9.87. The summed E-state index contributed by atoms with van der Waals surface area (Å²) < 4.78 is 13.9. The Morgan fingerprint density at radius 2 is 2.22 bits per heavy atom. The highest BCUT2D eigenvalue weighted by Gasteiger charge is 2.34. The Labute approximate surface area is 113 Å². The van der Waals surface area contributed by atoms with Crippen LogP contribution in [0, 0.1) is 11.2 Å². The standard InChI is InChI=1S/C14H19FN2S/c1-14(2)7-3-4-12(14)17-11-6-5-9(13(16)18)8-10(11)15/h5-6,8,12,17H,3-4,7H2,1-2H3,(H2,16,18). The van der Waals surface area contributed by atoms with Gasteiger partial charge in [-0.15, -0.1) is 0 Å². The first kappa shape index (κ1) is 13.3. The monoisotopic (exact) mass is 266 g/mol. The molecule has 2 nitrogen and oxygen atoms in total. The van der Waals surface area contributed by atoms with Crippen molar-refractivity contribution in [2.24, 2.45) is 11.1 Å². The van der Waals surface area contributed by atoms with Crippen LogP contribution < -0.4 is 11.1 Å². The van der Waals surface area contributed by atoms with Crippen LogP contribution in [0.1, 0.15) is 38.7 Å². The zero-order chi connectivity index (χ0) is 13.3. The van der Waals surface area contributed by atoms with Gasteiger partial charge in [0.15, 0.2) is 0 Å². The van der Waals surface area contributed by atoms with Crippen molar-refractivity contribution in [3.05, 3.63) is 29.6 Å². The second kappa shape index (κ2) is 4.84. The number of halogens is 1. The minimum Gasteiger partial charge on any atom is -0.389 e. The number of rotatable bonds is 3. The van der Waals surface area contributed by atoms with Gasteiger partial charge in [0, 0.05) is 11.6 Å². The van der Waals surface area contributed by atoms with Crippen molar-refractivity contribution >= 4 is 22.9 Å². The summed E-state index contributed by atoms with van der Waals surface area (Å²) in [5.41, 5.74) is 6.81. The molecule has 1 fully saturated rings. The minimum absolute atomic E-state index is 0.217. The molecule has 1 unspecified atom stereocenters. The van der Waals surface area contributed by atoms with Crippen molar-refractivity contribution in [3.8, 4) is 0 Å². The predicted molar refractivity (Wildman–Crippen MR) is 77.3 cm³/mol. The molecule has 0 bridgehead atoms. The van der Waals surface area contributed by atoms with Gasteiger partial charge in [-0.05, 0) is 36.5 Å². The molecule has 0 radical (unpaired) electrons. The third-order valence-corrected chi connectivity index (χ3v) is 4.08. The largest absolute Gasteiger partial charge is 0.389 e. The number of anilines is 1. The lowest BCUT2D eigenvalue weighted by molar-refractivity contribution is 0.349. The molecule has 0 aromatic heterocycles. The number of nitrogens with one attached hydrogen (secondary N) is 1. The van der Waals surface area contributed by atoms with E-state index in [0.29, 0.717) is 17.3 Å². The molecule has 1 aliphatic carbocycles. The van der Waals surface area contributed by atoms with Crippen molar-refractivity contribution in [2.45, 2.75) is 39.2 Å². The Morgan fingerprint density at radius 1 is 1.50 bits per heavy atom. The van der Waals surface area contributed by atoms with E-state index < -0.39 is 0 Å². The molecule has 1 saturated carbocycles. The number of hydrogen-bond donors (Lipinski definition) is 2. The minimum atomic E-state index is -0.289. The molecular formula is C14H19FN2S. The lowest BCUT2D eigenvalue weighted by Gasteiger charge is -2.29. The molecule has 0 amide bonds. The van der Waals surface area contributed by atoms with Crippen LogP contribution in [0.2, 0.25) is 0 Å². The number of thiocarbonyl (C=S) groups is 1. The summed E-state index contributed by atoms with van der Waals surface area (Å²) in [6.45, 7) is 4.44. The van der Waals surface area contributed by atoms with Gasteiger partial charge in [0.2, 0.25) is 0 Å². The average molecular weight is 266 g/mol. The maximum Gasteiger partial charge on any atom is 0.146 e. The van der Waals surface area contributed by atoms with E-state index in [-0.39, 0.29) is 16.2 Å². The van der Waals surface area contributed by atoms with Gasteiger partial charge in [-0.2, -0.15) is 0 Å². The average Bonchev–Trinajstić information content (AvgIpc) is 2.61. The van der Waals surface area contributed by atoms with Crippen LogP contribution in [-0.2, 0) is 0 Å². The summed E-state index contributed by atoms with van der Waals surface area (Å²) in [7, 11) is 0. The van der Waals surface area contributed by atoms with Crippen molar-refractivity contribution in [3.63, 3.8) is 0 Å². The smallest absolute Gasteiger partial charge is 0.146 e. The van der Waals surface area contributed by atoms with Gasteiger partial charge in [-0.3, -0.25) is 0 Å². The summed E-state index contributed by atoms with van der Waals surface area (Å²) in [5, 5.41) is 3.31. The van der Waals surface area contributed by atoms with E-state index in [2.05, 4.69) is 19.2 Å². The fraction of sp³-hybridized carbons (Fsp3) is 0.500. The molecule has 1 aromatic rings. The van der Waals surface area contributed by atoms with Gasteiger partial charge >= 0.3 is 0 Å². The number of nitrogens with two attached hydrogens (primary N) is 1. The van der Waals surface area contributed by atoms with E-state index in [1.54, 1.807) is 12.1 Å². The van der Waals surface area contributed by atoms with E-state index >= 15 is 0 Å². The zero-order valence-electron chi connectivity index (χ0n) is 10.8. The Bertz CT molecular complexity index is 471. The van der Waals surface area contributed by atoms with Crippen LogP contribution in [0.25, 0.3) is 0 Å². The molecule has 0 heterocycles. The van der Waals surface area contributed by atoms with E-state index in [0.717, 1.165) is 6.42 Å². The molecular weight excluding hydrogens is 247 g/mol. The first-order valence-electron chi connectivity index (χ1n) is 6.26. The highest BCUT2D eigenvalue weighted by molar-refractivity contribution is 7.80. The second-order valence-electron chi connectivity index (χ2n) is 5.64. The van der Waals surface area contributed by atoms with Gasteiger partial charge < -0.3 is 11.1 Å². The van der Waals surface area contributed by atoms with Crippen LogP contribution in [0.3, 0.4) is 0 Å². The molecule has 0 saturated heterocycles. The fourth-order valence-corrected chi connectivity index (χ4v) is 2.69. The van der Waals surface area contributed by atoms with E-state index in [4.69, 9.17) is 18.0 Å². The first-order valence-corrected chi connectivity index (χ1v) is 6.67. The van der Waals surface area contributed by atoms with E-state index in [9.17, 15) is 4.39 Å². The Balaban J connectivity index is 2.17. The molecule has 1 atom stereocenters. The van der Waals surface area contributed by atoms with E-state index in [1.807, 2.05) is 0 Å². The highest BCUT2D eigenvalue weighted by Crippen LogP contribution is 2.39. The molecule has 3 N–H and O–H groups in total. The molecule has 1 aliphatic rings. The summed E-state index contributed by atoms with van der Waals surface area (Å²) in [6, 6.07) is 5.20. The molecule has 2 rings (SSSR count). The topological polar surface area (TPSA) is 38.0 Å². The summed E-state index contributed by atoms with van der Waals surface area (Å²) in [4.78, 5) is 0.224. The Hall–Kier alpha value is -1.16. The van der Waals surface area contributed by atoms with Crippen LogP contribution in [-0.4, -0.2) is 11.0 Å². The van der Waals surface area contributed by atoms with Crippen LogP contribution >= 0.6 is 12.2 Å². The second-order valence-corrected chi connectivity index (χ2v) is 6.08. The zero-order valence-corrected chi connectivity index (χ0v) is 11.6. The number of benzene rings is 1. The van der Waals surface area contributed by atoms with E-state index in [1.165, 1.54) is 18.9 Å². The quantitative estimate of drug-likeness (QED) is 0.823. The Morgan fingerprint density at radius 3 is 2.72 bits per heavy atom. The van der Waals surface area contributed by atoms with Crippen molar-refractivity contribution in [1.82, 2.24) is 0 Å². The van der Waals surface area contributed by atoms with Crippen molar-refractivity contribution < 1.29 is 4.39 Å². The Kier molecular flexibility index (Phi) is 3.57. The molecule has 0 aliphatic heterocycles. The summed E-state index contributed by atoms with van der Waals surface area (Å²) >= 11 is 4.84. The third kappa shape index (κ3) is 2.64. The maximum absolute atomic E-state index is 13.9. The molecule has 4 heteroatoms. The fourth-order valence-electron chi connectivity index (χ4n) is 2.57. The van der Waals surface area contributed by atoms with Gasteiger partial charge in [0.1, 0.15) is 10.8 Å². The van der Waals surface area contributed by atoms with Crippen molar-refractivity contribution in [2.75, 3.05) is 5.32 Å². The van der Waals surface area contributed by atoms with Crippen molar-refractivity contribution in [1.29, 1.82) is 0 Å². The summed E-state index contributed by atoms with van der Waals surface area (Å²) in [5.74, 6) is -0.289. The molecule has 18 heavy (non-hydrogen) atoms. The number of hydrogen-bond acceptors (Lipinski definition) is 2. The van der Waals surface area contributed by atoms with Crippen LogP contribution in [0.5, 0.6) is 0 Å². The van der Waals surface area contributed by atoms with Gasteiger partial charge in [-0.1, -0.05) is 32.5 Å². The lowest BCUT2D eigenvalue weighted by Crippen LogP contribution is -2.31. The maximum atomic E-state index is 13.9. The van der Waals surface area contributed by atoms with Gasteiger partial charge in [0.25, 0.3) is 0 Å². The normalized spacial score (nSPS) is 21.8. The van der Waals surface area contributed by atoms with Crippen LogP contribution in [0.4, 0.5) is 10.1 Å². The highest BCUT2D eigenvalue weighted by atomic mass is 32.1. The predicted octanol–water partition coefficient (Wildman–Crippen LogP) is 3.45. The van der Waals surface area contributed by atoms with Gasteiger partial charge in [-0.25, -0.2) is 4.39 Å².